The lowest BCUT2D eigenvalue weighted by molar-refractivity contribution is 0.102. The molecule has 3 aromatic rings. The molecule has 0 bridgehead atoms. The summed E-state index contributed by atoms with van der Waals surface area (Å²) < 4.78 is 1.44. The molecule has 0 radical (unpaired) electrons. The number of halogens is 2. The van der Waals surface area contributed by atoms with Crippen LogP contribution in [-0.4, -0.2) is 15.5 Å². The molecule has 2 heterocycles. The van der Waals surface area contributed by atoms with Crippen molar-refractivity contribution >= 4 is 45.6 Å². The van der Waals surface area contributed by atoms with Gasteiger partial charge in [0, 0.05) is 17.8 Å². The summed E-state index contributed by atoms with van der Waals surface area (Å²) in [6.07, 6.45) is 3.19. The molecule has 1 amide bonds. The van der Waals surface area contributed by atoms with Crippen LogP contribution >= 0.6 is 34.5 Å². The average Bonchev–Trinajstić information content (AvgIpc) is 3.06. The highest BCUT2D eigenvalue weighted by Crippen LogP contribution is 2.22. The van der Waals surface area contributed by atoms with Crippen molar-refractivity contribution in [1.82, 2.24) is 9.55 Å². The van der Waals surface area contributed by atoms with E-state index in [4.69, 9.17) is 23.2 Å². The number of nitrogens with zero attached hydrogens (tertiary/aromatic N) is 2. The molecule has 0 unspecified atom stereocenters. The van der Waals surface area contributed by atoms with Crippen LogP contribution in [0, 0.1) is 0 Å². The Hall–Kier alpha value is -2.15. The molecule has 0 aliphatic rings. The first kappa shape index (κ1) is 16.7. The van der Waals surface area contributed by atoms with Crippen molar-refractivity contribution in [2.75, 3.05) is 5.32 Å². The van der Waals surface area contributed by atoms with Crippen LogP contribution in [0.1, 0.15) is 15.9 Å². The number of pyridine rings is 1. The van der Waals surface area contributed by atoms with Crippen molar-refractivity contribution in [3.05, 3.63) is 79.6 Å². The SMILES string of the molecule is O=C(Nc1nccs1)c1cccn(Cc2ccc(Cl)c(Cl)c2)c1=O. The summed E-state index contributed by atoms with van der Waals surface area (Å²) in [6.45, 7) is 0.286. The third-order valence-electron chi connectivity index (χ3n) is 3.25. The smallest absolute Gasteiger partial charge is 0.263 e. The van der Waals surface area contributed by atoms with Crippen LogP contribution in [0.25, 0.3) is 0 Å². The van der Waals surface area contributed by atoms with Gasteiger partial charge >= 0.3 is 0 Å². The van der Waals surface area contributed by atoms with E-state index < -0.39 is 11.5 Å². The molecule has 0 saturated carbocycles. The molecule has 5 nitrogen and oxygen atoms in total. The summed E-state index contributed by atoms with van der Waals surface area (Å²) in [6, 6.07) is 8.27. The van der Waals surface area contributed by atoms with Crippen LogP contribution < -0.4 is 10.9 Å². The fourth-order valence-electron chi connectivity index (χ4n) is 2.12. The molecular formula is C16H11Cl2N3O2S. The van der Waals surface area contributed by atoms with E-state index in [0.29, 0.717) is 15.2 Å². The van der Waals surface area contributed by atoms with Crippen LogP contribution in [0.2, 0.25) is 10.0 Å². The first-order valence-electron chi connectivity index (χ1n) is 6.89. The summed E-state index contributed by atoms with van der Waals surface area (Å²) >= 11 is 13.2. The zero-order chi connectivity index (χ0) is 17.1. The summed E-state index contributed by atoms with van der Waals surface area (Å²) in [5, 5.41) is 5.65. The van der Waals surface area contributed by atoms with Gasteiger partial charge in [-0.2, -0.15) is 0 Å². The van der Waals surface area contributed by atoms with Crippen molar-refractivity contribution < 1.29 is 4.79 Å². The quantitative estimate of drug-likeness (QED) is 0.747. The molecule has 0 aliphatic heterocycles. The van der Waals surface area contributed by atoms with Gasteiger partial charge in [-0.05, 0) is 29.8 Å². The van der Waals surface area contributed by atoms with E-state index in [1.807, 2.05) is 0 Å². The van der Waals surface area contributed by atoms with Gasteiger partial charge in [0.05, 0.1) is 16.6 Å². The molecule has 0 spiro atoms. The minimum absolute atomic E-state index is 0.0489. The Morgan fingerprint density at radius 3 is 2.79 bits per heavy atom. The van der Waals surface area contributed by atoms with E-state index in [-0.39, 0.29) is 12.1 Å². The zero-order valence-electron chi connectivity index (χ0n) is 12.2. The van der Waals surface area contributed by atoms with Crippen molar-refractivity contribution in [3.63, 3.8) is 0 Å². The largest absolute Gasteiger partial charge is 0.310 e. The summed E-state index contributed by atoms with van der Waals surface area (Å²) in [4.78, 5) is 28.7. The Morgan fingerprint density at radius 1 is 1.25 bits per heavy atom. The van der Waals surface area contributed by atoms with Gasteiger partial charge in [-0.1, -0.05) is 29.3 Å². The summed E-state index contributed by atoms with van der Waals surface area (Å²) in [5.41, 5.74) is 0.467. The molecule has 0 fully saturated rings. The fourth-order valence-corrected chi connectivity index (χ4v) is 2.96. The number of benzene rings is 1. The Bertz CT molecular complexity index is 939. The predicted molar refractivity (Wildman–Crippen MR) is 96.3 cm³/mol. The molecule has 3 rings (SSSR count). The third-order valence-corrected chi connectivity index (χ3v) is 4.68. The third kappa shape index (κ3) is 3.67. The van der Waals surface area contributed by atoms with Gasteiger partial charge in [-0.15, -0.1) is 11.3 Å². The lowest BCUT2D eigenvalue weighted by Crippen LogP contribution is -2.29. The summed E-state index contributed by atoms with van der Waals surface area (Å²) in [7, 11) is 0. The second-order valence-corrected chi connectivity index (χ2v) is 6.60. The predicted octanol–water partition coefficient (Wildman–Crippen LogP) is 3.91. The molecule has 1 aromatic carbocycles. The minimum Gasteiger partial charge on any atom is -0.310 e. The Morgan fingerprint density at radius 2 is 2.08 bits per heavy atom. The minimum atomic E-state index is -0.488. The number of carbonyl (C=O) groups is 1. The lowest BCUT2D eigenvalue weighted by atomic mass is 10.2. The number of anilines is 1. The maximum atomic E-state index is 12.5. The number of rotatable bonds is 4. The standard InChI is InChI=1S/C16H11Cl2N3O2S/c17-12-4-3-10(8-13(12)18)9-21-6-1-2-11(15(21)23)14(22)20-16-19-5-7-24-16/h1-8H,9H2,(H,19,20,22). The van der Waals surface area contributed by atoms with Crippen molar-refractivity contribution in [3.8, 4) is 0 Å². The number of carbonyl (C=O) groups excluding carboxylic acids is 1. The van der Waals surface area contributed by atoms with Crippen LogP contribution in [0.4, 0.5) is 5.13 Å². The Labute approximate surface area is 151 Å². The topological polar surface area (TPSA) is 64.0 Å². The van der Waals surface area contributed by atoms with Gasteiger partial charge in [-0.3, -0.25) is 14.9 Å². The van der Waals surface area contributed by atoms with E-state index in [9.17, 15) is 9.59 Å². The maximum Gasteiger partial charge on any atom is 0.263 e. The molecule has 0 aliphatic carbocycles. The van der Waals surface area contributed by atoms with Crippen molar-refractivity contribution in [2.45, 2.75) is 6.54 Å². The van der Waals surface area contributed by atoms with Crippen LogP contribution in [-0.2, 0) is 6.54 Å². The highest BCUT2D eigenvalue weighted by atomic mass is 35.5. The maximum absolute atomic E-state index is 12.5. The highest BCUT2D eigenvalue weighted by Gasteiger charge is 2.13. The van der Waals surface area contributed by atoms with Gasteiger partial charge < -0.3 is 4.57 Å². The van der Waals surface area contributed by atoms with Gasteiger partial charge in [0.1, 0.15) is 5.56 Å². The molecule has 1 N–H and O–H groups in total. The van der Waals surface area contributed by atoms with E-state index >= 15 is 0 Å². The monoisotopic (exact) mass is 379 g/mol. The molecular weight excluding hydrogens is 369 g/mol. The number of hydrogen-bond acceptors (Lipinski definition) is 4. The van der Waals surface area contributed by atoms with Crippen molar-refractivity contribution in [2.24, 2.45) is 0 Å². The Kier molecular flexibility index (Phi) is 4.99. The molecule has 0 atom stereocenters. The van der Waals surface area contributed by atoms with Crippen LogP contribution in [0.5, 0.6) is 0 Å². The van der Waals surface area contributed by atoms with Crippen molar-refractivity contribution in [1.29, 1.82) is 0 Å². The average molecular weight is 380 g/mol. The number of nitrogens with one attached hydrogen (secondary N) is 1. The van der Waals surface area contributed by atoms with Crippen LogP contribution in [0.15, 0.2) is 52.9 Å². The van der Waals surface area contributed by atoms with E-state index in [2.05, 4.69) is 10.3 Å². The highest BCUT2D eigenvalue weighted by molar-refractivity contribution is 7.13. The number of amides is 1. The fraction of sp³-hybridized carbons (Fsp3) is 0.0625. The first-order chi connectivity index (χ1) is 11.5. The molecule has 24 heavy (non-hydrogen) atoms. The van der Waals surface area contributed by atoms with E-state index in [1.165, 1.54) is 22.0 Å². The summed E-state index contributed by atoms with van der Waals surface area (Å²) in [5.74, 6) is -0.488. The molecule has 0 saturated heterocycles. The van der Waals surface area contributed by atoms with E-state index in [0.717, 1.165) is 5.56 Å². The van der Waals surface area contributed by atoms with Gasteiger partial charge in [-0.25, -0.2) is 4.98 Å². The number of hydrogen-bond donors (Lipinski definition) is 1. The number of thiazole rings is 1. The molecule has 2 aromatic heterocycles. The van der Waals surface area contributed by atoms with E-state index in [1.54, 1.807) is 42.0 Å². The second-order valence-electron chi connectivity index (χ2n) is 4.89. The Balaban J connectivity index is 1.86. The van der Waals surface area contributed by atoms with Gasteiger partial charge in [0.15, 0.2) is 5.13 Å². The molecule has 8 heteroatoms. The second kappa shape index (κ2) is 7.17. The normalized spacial score (nSPS) is 10.6. The molecule has 122 valence electrons. The van der Waals surface area contributed by atoms with Crippen LogP contribution in [0.3, 0.4) is 0 Å². The van der Waals surface area contributed by atoms with Gasteiger partial charge in [0.25, 0.3) is 11.5 Å². The number of aromatic nitrogens is 2. The lowest BCUT2D eigenvalue weighted by Gasteiger charge is -2.09. The first-order valence-corrected chi connectivity index (χ1v) is 8.52. The zero-order valence-corrected chi connectivity index (χ0v) is 14.5. The van der Waals surface area contributed by atoms with Gasteiger partial charge in [0.2, 0.25) is 0 Å².